The fourth-order valence-electron chi connectivity index (χ4n) is 4.84. The molecule has 0 spiro atoms. The third-order valence-electron chi connectivity index (χ3n) is 7.06. The first kappa shape index (κ1) is 29.6. The van der Waals surface area contributed by atoms with Crippen molar-refractivity contribution >= 4 is 35.9 Å². The van der Waals surface area contributed by atoms with Crippen molar-refractivity contribution in [3.63, 3.8) is 0 Å². The average molecular weight is 592 g/mol. The lowest BCUT2D eigenvalue weighted by atomic mass is 9.82. The van der Waals surface area contributed by atoms with E-state index in [1.54, 1.807) is 41.0 Å². The van der Waals surface area contributed by atoms with Gasteiger partial charge in [0.25, 0.3) is 0 Å². The second-order valence-electron chi connectivity index (χ2n) is 9.45. The third-order valence-corrected chi connectivity index (χ3v) is 7.06. The van der Waals surface area contributed by atoms with E-state index in [2.05, 4.69) is 26.1 Å². The van der Waals surface area contributed by atoms with Gasteiger partial charge in [-0.2, -0.15) is 5.10 Å². The maximum Gasteiger partial charge on any atom is 0.324 e. The van der Waals surface area contributed by atoms with E-state index in [9.17, 15) is 19.1 Å². The summed E-state index contributed by atoms with van der Waals surface area (Å²) >= 11 is 0. The summed E-state index contributed by atoms with van der Waals surface area (Å²) in [7, 11) is 0. The normalized spacial score (nSPS) is 17.0. The van der Waals surface area contributed by atoms with Crippen molar-refractivity contribution in [2.24, 2.45) is 5.10 Å². The van der Waals surface area contributed by atoms with E-state index in [1.807, 2.05) is 0 Å². The van der Waals surface area contributed by atoms with E-state index in [1.165, 1.54) is 22.8 Å². The number of halogens is 3. The highest BCUT2D eigenvalue weighted by molar-refractivity contribution is 5.94. The molecule has 2 aliphatic rings. The van der Waals surface area contributed by atoms with Crippen LogP contribution in [0.1, 0.15) is 25.8 Å². The second kappa shape index (κ2) is 12.0. The molecule has 1 aromatic heterocycles. The van der Waals surface area contributed by atoms with E-state index in [4.69, 9.17) is 4.74 Å². The van der Waals surface area contributed by atoms with Crippen LogP contribution in [0.4, 0.5) is 19.3 Å². The molecule has 3 heterocycles. The number of rotatable bonds is 9. The highest BCUT2D eigenvalue weighted by atomic mass is 35.5. The number of hydrazone groups is 1. The van der Waals surface area contributed by atoms with Crippen LogP contribution in [0.5, 0.6) is 0 Å². The molecule has 1 saturated heterocycles. The molecular formula is C25H28ClF2N9O4. The molecule has 3 aromatic rings. The molecule has 0 unspecified atom stereocenters. The van der Waals surface area contributed by atoms with E-state index in [0.717, 1.165) is 12.1 Å². The van der Waals surface area contributed by atoms with Gasteiger partial charge in [-0.25, -0.2) is 18.3 Å². The SMILES string of the molecule is CC(=O)OCN1CNN=C1C[C@@](O)(c1ccc(F)cc1F)[C@@H](C)N1CCN(c2ccc(-n3cnnn3)cc2)C1=O.Cl. The lowest BCUT2D eigenvalue weighted by molar-refractivity contribution is -0.144. The first-order valence-electron chi connectivity index (χ1n) is 12.4. The number of amidine groups is 1. The fourth-order valence-corrected chi connectivity index (χ4v) is 4.84. The molecule has 2 atom stereocenters. The van der Waals surface area contributed by atoms with Crippen LogP contribution < -0.4 is 10.3 Å². The van der Waals surface area contributed by atoms with Gasteiger partial charge in [0.05, 0.1) is 11.7 Å². The highest BCUT2D eigenvalue weighted by Gasteiger charge is 2.47. The number of tetrazole rings is 1. The number of nitrogens with one attached hydrogen (secondary N) is 1. The molecule has 1 fully saturated rings. The Bertz CT molecular complexity index is 1430. The summed E-state index contributed by atoms with van der Waals surface area (Å²) in [6.07, 6.45) is 1.20. The lowest BCUT2D eigenvalue weighted by Crippen LogP contribution is -2.53. The van der Waals surface area contributed by atoms with Crippen LogP contribution >= 0.6 is 12.4 Å². The van der Waals surface area contributed by atoms with Crippen molar-refractivity contribution in [3.8, 4) is 5.69 Å². The zero-order valence-corrected chi connectivity index (χ0v) is 23.0. The lowest BCUT2D eigenvalue weighted by Gasteiger charge is -2.40. The average Bonchev–Trinajstić information content (AvgIpc) is 3.69. The Balaban J connectivity index is 0.00000387. The van der Waals surface area contributed by atoms with Gasteiger partial charge in [0, 0.05) is 43.8 Å². The van der Waals surface area contributed by atoms with Crippen molar-refractivity contribution in [2.75, 3.05) is 31.4 Å². The largest absolute Gasteiger partial charge is 0.444 e. The van der Waals surface area contributed by atoms with E-state index >= 15 is 4.39 Å². The Kier molecular flexibility index (Phi) is 8.68. The van der Waals surface area contributed by atoms with Crippen LogP contribution in [0.3, 0.4) is 0 Å². The number of aromatic nitrogens is 4. The summed E-state index contributed by atoms with van der Waals surface area (Å²) in [5.41, 5.74) is 1.86. The van der Waals surface area contributed by atoms with Gasteiger partial charge in [-0.05, 0) is 47.7 Å². The van der Waals surface area contributed by atoms with Gasteiger partial charge in [0.2, 0.25) is 0 Å². The van der Waals surface area contributed by atoms with E-state index in [0.29, 0.717) is 24.0 Å². The molecule has 0 aliphatic carbocycles. The van der Waals surface area contributed by atoms with Crippen LogP contribution in [-0.4, -0.2) is 85.5 Å². The Morgan fingerprint density at radius 1 is 1.17 bits per heavy atom. The quantitative estimate of drug-likeness (QED) is 0.357. The molecule has 16 heteroatoms. The summed E-state index contributed by atoms with van der Waals surface area (Å²) in [6, 6.07) is 8.55. The van der Waals surface area contributed by atoms with Crippen molar-refractivity contribution in [3.05, 3.63) is 66.0 Å². The molecule has 0 saturated carbocycles. The smallest absolute Gasteiger partial charge is 0.324 e. The standard InChI is InChI=1S/C25H27F2N9O4.ClH/c1-16(34-9-10-35(24(34)38)19-4-6-20(7-5-19)36-14-29-31-32-36)25(39,21-8-3-18(26)11-22(21)27)12-23-30-28-13-33(23)15-40-17(2)37;/h3-8,11,14,16,28,39H,9-10,12-13,15H2,1-2H3;1H/t16-,25+;/m1./s1. The number of anilines is 1. The van der Waals surface area contributed by atoms with Gasteiger partial charge in [0.15, 0.2) is 6.73 Å². The molecule has 2 aromatic carbocycles. The van der Waals surface area contributed by atoms with Crippen LogP contribution in [0, 0.1) is 11.6 Å². The van der Waals surface area contributed by atoms with Gasteiger partial charge in [0.1, 0.15) is 36.1 Å². The Morgan fingerprint density at radius 3 is 2.56 bits per heavy atom. The number of esters is 1. The number of benzene rings is 2. The Morgan fingerprint density at radius 2 is 1.90 bits per heavy atom. The van der Waals surface area contributed by atoms with Crippen LogP contribution in [0.15, 0.2) is 53.9 Å². The molecule has 218 valence electrons. The number of nitrogens with zero attached hydrogens (tertiary/aromatic N) is 8. The molecule has 2 N–H and O–H groups in total. The van der Waals surface area contributed by atoms with Crippen molar-refractivity contribution < 1.29 is 28.2 Å². The number of carbonyl (C=O) groups excluding carboxylic acids is 2. The second-order valence-corrected chi connectivity index (χ2v) is 9.45. The first-order chi connectivity index (χ1) is 19.2. The maximum absolute atomic E-state index is 15.1. The van der Waals surface area contributed by atoms with Crippen LogP contribution in [0.2, 0.25) is 0 Å². The maximum atomic E-state index is 15.1. The van der Waals surface area contributed by atoms with Gasteiger partial charge in [-0.3, -0.25) is 15.1 Å². The number of amides is 2. The minimum absolute atomic E-state index is 0. The molecule has 2 amide bonds. The summed E-state index contributed by atoms with van der Waals surface area (Å²) in [4.78, 5) is 29.5. The van der Waals surface area contributed by atoms with Gasteiger partial charge >= 0.3 is 12.0 Å². The molecule has 0 bridgehead atoms. The van der Waals surface area contributed by atoms with Gasteiger partial charge in [-0.1, -0.05) is 6.07 Å². The topological polar surface area (TPSA) is 141 Å². The summed E-state index contributed by atoms with van der Waals surface area (Å²) in [6.45, 7) is 3.46. The van der Waals surface area contributed by atoms with E-state index in [-0.39, 0.29) is 50.2 Å². The monoisotopic (exact) mass is 591 g/mol. The predicted octanol–water partition coefficient (Wildman–Crippen LogP) is 1.97. The van der Waals surface area contributed by atoms with Crippen molar-refractivity contribution in [1.29, 1.82) is 0 Å². The highest BCUT2D eigenvalue weighted by Crippen LogP contribution is 2.37. The summed E-state index contributed by atoms with van der Waals surface area (Å²) in [5.74, 6) is -2.00. The number of ether oxygens (including phenoxy) is 1. The zero-order valence-electron chi connectivity index (χ0n) is 22.1. The number of hydrogen-bond donors (Lipinski definition) is 2. The van der Waals surface area contributed by atoms with Gasteiger partial charge < -0.3 is 19.6 Å². The minimum Gasteiger partial charge on any atom is -0.444 e. The molecule has 13 nitrogen and oxygen atoms in total. The molecule has 2 aliphatic heterocycles. The summed E-state index contributed by atoms with van der Waals surface area (Å²) in [5, 5.41) is 27.4. The number of aliphatic hydroxyl groups is 1. The summed E-state index contributed by atoms with van der Waals surface area (Å²) < 4.78 is 35.5. The zero-order chi connectivity index (χ0) is 28.4. The Hall–Kier alpha value is -4.37. The predicted molar refractivity (Wildman–Crippen MR) is 144 cm³/mol. The molecular weight excluding hydrogens is 564 g/mol. The molecule has 0 radical (unpaired) electrons. The van der Waals surface area contributed by atoms with Crippen LogP contribution in [-0.2, 0) is 15.1 Å². The first-order valence-corrected chi connectivity index (χ1v) is 12.4. The minimum atomic E-state index is -2.02. The molecule has 5 rings (SSSR count). The van der Waals surface area contributed by atoms with E-state index < -0.39 is 35.3 Å². The fraction of sp³-hybridized carbons (Fsp3) is 0.360. The number of hydrogen-bond acceptors (Lipinski definition) is 10. The Labute approximate surface area is 239 Å². The van der Waals surface area contributed by atoms with Crippen molar-refractivity contribution in [2.45, 2.75) is 31.9 Å². The van der Waals surface area contributed by atoms with Crippen LogP contribution in [0.25, 0.3) is 5.69 Å². The third kappa shape index (κ3) is 5.90. The number of urea groups is 1. The number of carbonyl (C=O) groups is 2. The van der Waals surface area contributed by atoms with Gasteiger partial charge in [-0.15, -0.1) is 17.5 Å². The molecule has 41 heavy (non-hydrogen) atoms. The van der Waals surface area contributed by atoms with Crippen molar-refractivity contribution in [1.82, 2.24) is 35.4 Å².